The summed E-state index contributed by atoms with van der Waals surface area (Å²) in [6.45, 7) is 5.89. The minimum atomic E-state index is 0.293. The Bertz CT molecular complexity index is 542. The maximum Gasteiger partial charge on any atom is 0.145 e. The van der Waals surface area contributed by atoms with E-state index in [1.54, 1.807) is 0 Å². The van der Waals surface area contributed by atoms with Crippen molar-refractivity contribution in [3.63, 3.8) is 0 Å². The number of benzene rings is 1. The van der Waals surface area contributed by atoms with Crippen molar-refractivity contribution in [2.75, 3.05) is 6.54 Å². The topological polar surface area (TPSA) is 60.2 Å². The van der Waals surface area contributed by atoms with E-state index in [4.69, 9.17) is 16.3 Å². The zero-order chi connectivity index (χ0) is 13.7. The highest BCUT2D eigenvalue weighted by atomic mass is 35.5. The van der Waals surface area contributed by atoms with Crippen LogP contribution < -0.4 is 10.1 Å². The lowest BCUT2D eigenvalue weighted by Crippen LogP contribution is -2.11. The second-order valence-corrected chi connectivity index (χ2v) is 4.54. The molecule has 1 aromatic heterocycles. The van der Waals surface area contributed by atoms with Gasteiger partial charge in [0.2, 0.25) is 0 Å². The molecule has 19 heavy (non-hydrogen) atoms. The van der Waals surface area contributed by atoms with E-state index in [0.29, 0.717) is 23.1 Å². The van der Waals surface area contributed by atoms with Crippen LogP contribution in [0.15, 0.2) is 22.8 Å². The fourth-order valence-corrected chi connectivity index (χ4v) is 1.82. The molecule has 2 aromatic rings. The summed E-state index contributed by atoms with van der Waals surface area (Å²) < 4.78 is 10.2. The van der Waals surface area contributed by atoms with E-state index in [2.05, 4.69) is 27.2 Å². The number of rotatable bonds is 6. The van der Waals surface area contributed by atoms with Gasteiger partial charge in [0, 0.05) is 6.54 Å². The van der Waals surface area contributed by atoms with E-state index in [0.717, 1.165) is 24.3 Å². The smallest absolute Gasteiger partial charge is 0.145 e. The van der Waals surface area contributed by atoms with Crippen LogP contribution in [0.4, 0.5) is 0 Å². The van der Waals surface area contributed by atoms with Gasteiger partial charge in [-0.25, -0.2) is 4.63 Å². The van der Waals surface area contributed by atoms with E-state index in [-0.39, 0.29) is 0 Å². The lowest BCUT2D eigenvalue weighted by Gasteiger charge is -2.08. The summed E-state index contributed by atoms with van der Waals surface area (Å²) in [4.78, 5) is 0. The van der Waals surface area contributed by atoms with Crippen LogP contribution in [-0.2, 0) is 13.2 Å². The Kier molecular flexibility index (Phi) is 4.76. The summed E-state index contributed by atoms with van der Waals surface area (Å²) in [5, 5.41) is 11.3. The maximum absolute atomic E-state index is 6.18. The second-order valence-electron chi connectivity index (χ2n) is 4.13. The Morgan fingerprint density at radius 2 is 2.21 bits per heavy atom. The van der Waals surface area contributed by atoms with Gasteiger partial charge in [-0.3, -0.25) is 0 Å². The van der Waals surface area contributed by atoms with Gasteiger partial charge in [0.05, 0.1) is 5.02 Å². The molecule has 102 valence electrons. The number of aryl methyl sites for hydroxylation is 1. The Labute approximate surface area is 116 Å². The molecule has 0 saturated carbocycles. The van der Waals surface area contributed by atoms with Crippen molar-refractivity contribution < 1.29 is 9.37 Å². The first-order chi connectivity index (χ1) is 9.20. The third-order valence-corrected chi connectivity index (χ3v) is 2.98. The van der Waals surface area contributed by atoms with E-state index in [1.165, 1.54) is 0 Å². The molecule has 0 aliphatic carbocycles. The molecule has 1 N–H and O–H groups in total. The molecule has 0 bridgehead atoms. The van der Waals surface area contributed by atoms with Gasteiger partial charge >= 0.3 is 0 Å². The van der Waals surface area contributed by atoms with Crippen LogP contribution in [0.3, 0.4) is 0 Å². The van der Waals surface area contributed by atoms with Crippen LogP contribution in [0.25, 0.3) is 0 Å². The number of nitrogens with one attached hydrogen (secondary N) is 1. The average Bonchev–Trinajstić information content (AvgIpc) is 2.81. The van der Waals surface area contributed by atoms with Crippen molar-refractivity contribution in [2.45, 2.75) is 27.0 Å². The minimum Gasteiger partial charge on any atom is -0.486 e. The predicted molar refractivity (Wildman–Crippen MR) is 72.2 cm³/mol. The third-order valence-electron chi connectivity index (χ3n) is 2.69. The van der Waals surface area contributed by atoms with Crippen LogP contribution in [0, 0.1) is 6.92 Å². The van der Waals surface area contributed by atoms with Gasteiger partial charge in [0.25, 0.3) is 0 Å². The third kappa shape index (κ3) is 3.68. The summed E-state index contributed by atoms with van der Waals surface area (Å²) >= 11 is 6.18. The highest BCUT2D eigenvalue weighted by Crippen LogP contribution is 2.26. The standard InChI is InChI=1S/C13H16ClN3O2/c1-3-15-7-10-4-5-13(11(14)6-10)18-8-12-9(2)16-19-17-12/h4-6,15H,3,7-8H2,1-2H3. The fraction of sp³-hybridized carbons (Fsp3) is 0.385. The molecule has 6 heteroatoms. The van der Waals surface area contributed by atoms with Gasteiger partial charge in [0.15, 0.2) is 0 Å². The molecule has 0 unspecified atom stereocenters. The summed E-state index contributed by atoms with van der Waals surface area (Å²) in [6, 6.07) is 5.74. The number of nitrogens with zero attached hydrogens (tertiary/aromatic N) is 2. The van der Waals surface area contributed by atoms with Crippen LogP contribution >= 0.6 is 11.6 Å². The predicted octanol–water partition coefficient (Wildman–Crippen LogP) is 2.72. The van der Waals surface area contributed by atoms with Crippen LogP contribution in [0.1, 0.15) is 23.9 Å². The first-order valence-electron chi connectivity index (χ1n) is 6.10. The average molecular weight is 282 g/mol. The number of hydrogen-bond acceptors (Lipinski definition) is 5. The van der Waals surface area contributed by atoms with E-state index < -0.39 is 0 Å². The van der Waals surface area contributed by atoms with Crippen molar-refractivity contribution in [3.05, 3.63) is 40.2 Å². The van der Waals surface area contributed by atoms with E-state index >= 15 is 0 Å². The lowest BCUT2D eigenvalue weighted by atomic mass is 10.2. The Balaban J connectivity index is 1.99. The molecule has 0 atom stereocenters. The quantitative estimate of drug-likeness (QED) is 0.882. The summed E-state index contributed by atoms with van der Waals surface area (Å²) in [6.07, 6.45) is 0. The monoisotopic (exact) mass is 281 g/mol. The highest BCUT2D eigenvalue weighted by Gasteiger charge is 2.08. The molecule has 1 heterocycles. The first kappa shape index (κ1) is 13.8. The SMILES string of the molecule is CCNCc1ccc(OCc2nonc2C)c(Cl)c1. The van der Waals surface area contributed by atoms with Crippen LogP contribution in [0.2, 0.25) is 5.02 Å². The summed E-state index contributed by atoms with van der Waals surface area (Å²) in [7, 11) is 0. The van der Waals surface area contributed by atoms with Gasteiger partial charge in [-0.1, -0.05) is 34.9 Å². The van der Waals surface area contributed by atoms with E-state index in [1.807, 2.05) is 25.1 Å². The molecule has 0 radical (unpaired) electrons. The van der Waals surface area contributed by atoms with Crippen molar-refractivity contribution in [3.8, 4) is 5.75 Å². The molecule has 0 aliphatic rings. The molecule has 0 fully saturated rings. The summed E-state index contributed by atoms with van der Waals surface area (Å²) in [5.74, 6) is 0.629. The van der Waals surface area contributed by atoms with Crippen molar-refractivity contribution in [1.29, 1.82) is 0 Å². The molecule has 0 spiro atoms. The largest absolute Gasteiger partial charge is 0.486 e. The molecule has 0 saturated heterocycles. The number of aromatic nitrogens is 2. The molecule has 0 aliphatic heterocycles. The zero-order valence-corrected chi connectivity index (χ0v) is 11.7. The van der Waals surface area contributed by atoms with Crippen LogP contribution in [-0.4, -0.2) is 16.9 Å². The number of ether oxygens (including phenoxy) is 1. The van der Waals surface area contributed by atoms with Gasteiger partial charge in [0.1, 0.15) is 23.7 Å². The molecule has 2 rings (SSSR count). The van der Waals surface area contributed by atoms with Crippen LogP contribution in [0.5, 0.6) is 5.75 Å². The van der Waals surface area contributed by atoms with Crippen molar-refractivity contribution in [1.82, 2.24) is 15.6 Å². The van der Waals surface area contributed by atoms with Gasteiger partial charge in [-0.2, -0.15) is 0 Å². The molecular weight excluding hydrogens is 266 g/mol. The molecule has 0 amide bonds. The minimum absolute atomic E-state index is 0.293. The molecular formula is C13H16ClN3O2. The van der Waals surface area contributed by atoms with Gasteiger partial charge < -0.3 is 10.1 Å². The highest BCUT2D eigenvalue weighted by molar-refractivity contribution is 6.32. The Hall–Kier alpha value is -1.59. The van der Waals surface area contributed by atoms with Gasteiger partial charge in [-0.05, 0) is 31.2 Å². The second kappa shape index (κ2) is 6.54. The molecule has 5 nitrogen and oxygen atoms in total. The lowest BCUT2D eigenvalue weighted by molar-refractivity contribution is 0.270. The molecule has 1 aromatic carbocycles. The van der Waals surface area contributed by atoms with E-state index in [9.17, 15) is 0 Å². The normalized spacial score (nSPS) is 10.7. The van der Waals surface area contributed by atoms with Gasteiger partial charge in [-0.15, -0.1) is 0 Å². The Morgan fingerprint density at radius 1 is 1.37 bits per heavy atom. The first-order valence-corrected chi connectivity index (χ1v) is 6.48. The van der Waals surface area contributed by atoms with Crippen molar-refractivity contribution >= 4 is 11.6 Å². The fourth-order valence-electron chi connectivity index (χ4n) is 1.57. The number of halogens is 1. The Morgan fingerprint density at radius 3 is 2.84 bits per heavy atom. The summed E-state index contributed by atoms with van der Waals surface area (Å²) in [5.41, 5.74) is 2.52. The maximum atomic E-state index is 6.18. The zero-order valence-electron chi connectivity index (χ0n) is 10.9. The van der Waals surface area contributed by atoms with Crippen molar-refractivity contribution in [2.24, 2.45) is 0 Å². The number of hydrogen-bond donors (Lipinski definition) is 1.